The number of carbonyl (C=O) groups is 1. The summed E-state index contributed by atoms with van der Waals surface area (Å²) in [5, 5.41) is 12.9. The zero-order chi connectivity index (χ0) is 10.8. The molecule has 1 aliphatic carbocycles. The van der Waals surface area contributed by atoms with Gasteiger partial charge in [-0.25, -0.2) is 4.68 Å². The van der Waals surface area contributed by atoms with Crippen molar-refractivity contribution < 1.29 is 9.90 Å². The lowest BCUT2D eigenvalue weighted by Gasteiger charge is -2.11. The van der Waals surface area contributed by atoms with Crippen molar-refractivity contribution in [1.29, 1.82) is 0 Å². The monoisotopic (exact) mass is 209 g/mol. The molecule has 1 aromatic rings. The molecule has 0 spiro atoms. The molecule has 5 nitrogen and oxygen atoms in total. The maximum absolute atomic E-state index is 10.6. The first-order chi connectivity index (χ1) is 7.18. The average molecular weight is 209 g/mol. The number of carboxylic acid groups (broad SMARTS) is 1. The van der Waals surface area contributed by atoms with Crippen LogP contribution in [0.5, 0.6) is 0 Å². The smallest absolute Gasteiger partial charge is 0.308 e. The molecule has 0 amide bonds. The van der Waals surface area contributed by atoms with Crippen LogP contribution < -0.4 is 5.73 Å². The largest absolute Gasteiger partial charge is 0.481 e. The Morgan fingerprint density at radius 3 is 2.87 bits per heavy atom. The summed E-state index contributed by atoms with van der Waals surface area (Å²) in [6.45, 7) is 0. The lowest BCUT2D eigenvalue weighted by molar-refractivity contribution is -0.136. The molecule has 0 unspecified atom stereocenters. The van der Waals surface area contributed by atoms with E-state index in [1.54, 1.807) is 10.9 Å². The standard InChI is InChI=1S/C10H15N3O2/c11-10-7(5-9(14)15)6-12-13(10)8-3-1-2-4-8/h6,8H,1-5,11H2,(H,14,15). The summed E-state index contributed by atoms with van der Waals surface area (Å²) < 4.78 is 1.78. The van der Waals surface area contributed by atoms with Gasteiger partial charge in [0.1, 0.15) is 5.82 Å². The zero-order valence-corrected chi connectivity index (χ0v) is 8.52. The molecule has 1 saturated carbocycles. The van der Waals surface area contributed by atoms with Crippen molar-refractivity contribution >= 4 is 11.8 Å². The lowest BCUT2D eigenvalue weighted by Crippen LogP contribution is -2.11. The van der Waals surface area contributed by atoms with Crippen LogP contribution in [0.2, 0.25) is 0 Å². The Labute approximate surface area is 87.9 Å². The molecule has 0 bridgehead atoms. The van der Waals surface area contributed by atoms with E-state index in [0.29, 0.717) is 17.4 Å². The number of nitrogens with zero attached hydrogens (tertiary/aromatic N) is 2. The van der Waals surface area contributed by atoms with Crippen LogP contribution in [0.4, 0.5) is 5.82 Å². The summed E-state index contributed by atoms with van der Waals surface area (Å²) in [5.41, 5.74) is 6.49. The van der Waals surface area contributed by atoms with Gasteiger partial charge >= 0.3 is 5.97 Å². The molecule has 5 heteroatoms. The number of aromatic nitrogens is 2. The molecule has 1 fully saturated rings. The van der Waals surface area contributed by atoms with E-state index in [2.05, 4.69) is 5.10 Å². The SMILES string of the molecule is Nc1c(CC(=O)O)cnn1C1CCCC1. The van der Waals surface area contributed by atoms with Gasteiger partial charge in [0.15, 0.2) is 0 Å². The van der Waals surface area contributed by atoms with Gasteiger partial charge in [-0.15, -0.1) is 0 Å². The molecule has 3 N–H and O–H groups in total. The highest BCUT2D eigenvalue weighted by Crippen LogP contribution is 2.31. The Morgan fingerprint density at radius 1 is 1.60 bits per heavy atom. The van der Waals surface area contributed by atoms with Crippen molar-refractivity contribution in [2.75, 3.05) is 5.73 Å². The van der Waals surface area contributed by atoms with Gasteiger partial charge in [-0.2, -0.15) is 5.10 Å². The van der Waals surface area contributed by atoms with E-state index in [1.807, 2.05) is 0 Å². The molecule has 2 rings (SSSR count). The molecule has 82 valence electrons. The Kier molecular flexibility index (Phi) is 2.62. The van der Waals surface area contributed by atoms with Crippen LogP contribution in [0.15, 0.2) is 6.20 Å². The molecule has 1 aromatic heterocycles. The first-order valence-corrected chi connectivity index (χ1v) is 5.22. The van der Waals surface area contributed by atoms with E-state index in [4.69, 9.17) is 10.8 Å². The van der Waals surface area contributed by atoms with Crippen molar-refractivity contribution in [2.24, 2.45) is 0 Å². The number of hydrogen-bond acceptors (Lipinski definition) is 3. The van der Waals surface area contributed by atoms with E-state index in [-0.39, 0.29) is 6.42 Å². The third-order valence-electron chi connectivity index (χ3n) is 2.93. The maximum Gasteiger partial charge on any atom is 0.308 e. The average Bonchev–Trinajstić information content (AvgIpc) is 2.76. The van der Waals surface area contributed by atoms with Gasteiger partial charge < -0.3 is 10.8 Å². The summed E-state index contributed by atoms with van der Waals surface area (Å²) in [6, 6.07) is 0.368. The van der Waals surface area contributed by atoms with Crippen molar-refractivity contribution in [1.82, 2.24) is 9.78 Å². The summed E-state index contributed by atoms with van der Waals surface area (Å²) in [6.07, 6.45) is 6.13. The number of rotatable bonds is 3. The third-order valence-corrected chi connectivity index (χ3v) is 2.93. The van der Waals surface area contributed by atoms with Gasteiger partial charge in [0.05, 0.1) is 18.7 Å². The fourth-order valence-corrected chi connectivity index (χ4v) is 2.15. The highest BCUT2D eigenvalue weighted by atomic mass is 16.4. The molecular weight excluding hydrogens is 194 g/mol. The molecule has 1 heterocycles. The van der Waals surface area contributed by atoms with E-state index in [1.165, 1.54) is 12.8 Å². The minimum Gasteiger partial charge on any atom is -0.481 e. The van der Waals surface area contributed by atoms with Crippen LogP contribution in [0, 0.1) is 0 Å². The Morgan fingerprint density at radius 2 is 2.27 bits per heavy atom. The summed E-state index contributed by atoms with van der Waals surface area (Å²) in [7, 11) is 0. The second kappa shape index (κ2) is 3.92. The Hall–Kier alpha value is -1.52. The van der Waals surface area contributed by atoms with Crippen molar-refractivity contribution in [3.8, 4) is 0 Å². The minimum absolute atomic E-state index is 0.0431. The predicted octanol–water partition coefficient (Wildman–Crippen LogP) is 1.21. The fourth-order valence-electron chi connectivity index (χ4n) is 2.15. The van der Waals surface area contributed by atoms with Crippen molar-refractivity contribution in [3.63, 3.8) is 0 Å². The van der Waals surface area contributed by atoms with Crippen LogP contribution in [0.3, 0.4) is 0 Å². The van der Waals surface area contributed by atoms with E-state index >= 15 is 0 Å². The number of carboxylic acids is 1. The third kappa shape index (κ3) is 1.95. The predicted molar refractivity (Wildman–Crippen MR) is 55.5 cm³/mol. The summed E-state index contributed by atoms with van der Waals surface area (Å²) >= 11 is 0. The van der Waals surface area contributed by atoms with Gasteiger partial charge in [0.2, 0.25) is 0 Å². The first kappa shape index (κ1) is 10.0. The molecule has 0 radical (unpaired) electrons. The summed E-state index contributed by atoms with van der Waals surface area (Å²) in [4.78, 5) is 10.6. The van der Waals surface area contributed by atoms with E-state index in [0.717, 1.165) is 12.8 Å². The molecule has 15 heavy (non-hydrogen) atoms. The quantitative estimate of drug-likeness (QED) is 0.783. The zero-order valence-electron chi connectivity index (χ0n) is 8.52. The van der Waals surface area contributed by atoms with Gasteiger partial charge in [-0.1, -0.05) is 12.8 Å². The number of nitrogens with two attached hydrogens (primary N) is 1. The van der Waals surface area contributed by atoms with Crippen LogP contribution in [0.1, 0.15) is 37.3 Å². The topological polar surface area (TPSA) is 81.1 Å². The van der Waals surface area contributed by atoms with Gasteiger partial charge in [-0.05, 0) is 12.8 Å². The van der Waals surface area contributed by atoms with Gasteiger partial charge in [0.25, 0.3) is 0 Å². The number of anilines is 1. The highest BCUT2D eigenvalue weighted by Gasteiger charge is 2.21. The minimum atomic E-state index is -0.868. The van der Waals surface area contributed by atoms with Crippen LogP contribution in [-0.2, 0) is 11.2 Å². The van der Waals surface area contributed by atoms with E-state index in [9.17, 15) is 4.79 Å². The number of hydrogen-bond donors (Lipinski definition) is 2. The summed E-state index contributed by atoms with van der Waals surface area (Å²) in [5.74, 6) is -0.350. The van der Waals surface area contributed by atoms with Crippen LogP contribution in [0.25, 0.3) is 0 Å². The Balaban J connectivity index is 2.18. The van der Waals surface area contributed by atoms with Crippen LogP contribution in [-0.4, -0.2) is 20.9 Å². The molecule has 1 aliphatic rings. The fraction of sp³-hybridized carbons (Fsp3) is 0.600. The second-order valence-corrected chi connectivity index (χ2v) is 4.01. The number of aliphatic carboxylic acids is 1. The van der Waals surface area contributed by atoms with Crippen LogP contribution >= 0.6 is 0 Å². The highest BCUT2D eigenvalue weighted by molar-refractivity contribution is 5.72. The van der Waals surface area contributed by atoms with E-state index < -0.39 is 5.97 Å². The molecule has 0 atom stereocenters. The maximum atomic E-state index is 10.6. The normalized spacial score (nSPS) is 17.1. The molecule has 0 aromatic carbocycles. The Bertz CT molecular complexity index is 367. The molecular formula is C10H15N3O2. The van der Waals surface area contributed by atoms with Crippen molar-refractivity contribution in [3.05, 3.63) is 11.8 Å². The van der Waals surface area contributed by atoms with Crippen molar-refractivity contribution in [2.45, 2.75) is 38.1 Å². The molecule has 0 saturated heterocycles. The molecule has 0 aliphatic heterocycles. The lowest BCUT2D eigenvalue weighted by atomic mass is 10.2. The second-order valence-electron chi connectivity index (χ2n) is 4.01. The van der Waals surface area contributed by atoms with Gasteiger partial charge in [0, 0.05) is 5.56 Å². The number of nitrogen functional groups attached to an aromatic ring is 1. The van der Waals surface area contributed by atoms with Gasteiger partial charge in [-0.3, -0.25) is 4.79 Å². The first-order valence-electron chi connectivity index (χ1n) is 5.22.